The fourth-order valence-corrected chi connectivity index (χ4v) is 4.78. The Morgan fingerprint density at radius 3 is 2.02 bits per heavy atom. The van der Waals surface area contributed by atoms with Crippen LogP contribution in [0, 0.1) is 0 Å². The largest absolute Gasteiger partial charge is 0.480 e. The molecule has 2 heterocycles. The molecule has 4 rings (SSSR count). The third-order valence-electron chi connectivity index (χ3n) is 7.04. The number of H-pyrrole nitrogens is 2. The van der Waals surface area contributed by atoms with Crippen molar-refractivity contribution in [3.8, 4) is 0 Å². The quantitative estimate of drug-likeness (QED) is 0.112. The maximum atomic E-state index is 13.9. The van der Waals surface area contributed by atoms with Gasteiger partial charge in [-0.3, -0.25) is 24.0 Å². The predicted octanol–water partition coefficient (Wildman–Crippen LogP) is 0.983. The second kappa shape index (κ2) is 14.6. The van der Waals surface area contributed by atoms with Crippen molar-refractivity contribution in [2.24, 2.45) is 0 Å². The molecule has 0 aliphatic rings. The van der Waals surface area contributed by atoms with E-state index in [1.807, 2.05) is 54.6 Å². The van der Waals surface area contributed by atoms with Gasteiger partial charge in [0, 0.05) is 49.5 Å². The van der Waals surface area contributed by atoms with E-state index in [4.69, 9.17) is 0 Å². The molecule has 0 unspecified atom stereocenters. The lowest BCUT2D eigenvalue weighted by Gasteiger charge is -2.25. The zero-order valence-corrected chi connectivity index (χ0v) is 24.3. The Labute approximate surface area is 253 Å². The SMILES string of the molecule is CC(=O)N[C@@H](Cc1ccccc1)C(=O)N[C@@H](Cc1c[nH]c2ccccc12)C(=O)N[C@@H](Cc1c[nH]cn1)C(=O)N[C@@H](C)C(=O)O. The maximum Gasteiger partial charge on any atom is 0.325 e. The summed E-state index contributed by atoms with van der Waals surface area (Å²) in [6.07, 6.45) is 4.92. The molecule has 0 saturated heterocycles. The fraction of sp³-hybridized carbons (Fsp3) is 0.290. The molecule has 0 aliphatic carbocycles. The third kappa shape index (κ3) is 8.53. The van der Waals surface area contributed by atoms with Crippen molar-refractivity contribution < 1.29 is 29.1 Å². The highest BCUT2D eigenvalue weighted by molar-refractivity contribution is 5.95. The number of nitrogens with zero attached hydrogens (tertiary/aromatic N) is 1. The van der Waals surface area contributed by atoms with Crippen LogP contribution in [0.4, 0.5) is 0 Å². The molecule has 0 spiro atoms. The number of aromatic nitrogens is 3. The Balaban J connectivity index is 1.61. The van der Waals surface area contributed by atoms with Crippen molar-refractivity contribution in [2.45, 2.75) is 57.3 Å². The van der Waals surface area contributed by atoms with Crippen molar-refractivity contribution in [1.29, 1.82) is 0 Å². The molecule has 0 aliphatic heterocycles. The molecule has 44 heavy (non-hydrogen) atoms. The van der Waals surface area contributed by atoms with Crippen LogP contribution < -0.4 is 21.3 Å². The molecule has 0 fully saturated rings. The zero-order chi connectivity index (χ0) is 31.6. The molecule has 7 N–H and O–H groups in total. The van der Waals surface area contributed by atoms with Crippen molar-refractivity contribution in [3.05, 3.63) is 90.1 Å². The highest BCUT2D eigenvalue weighted by atomic mass is 16.4. The summed E-state index contributed by atoms with van der Waals surface area (Å²) < 4.78 is 0. The van der Waals surface area contributed by atoms with Gasteiger partial charge in [-0.15, -0.1) is 0 Å². The summed E-state index contributed by atoms with van der Waals surface area (Å²) >= 11 is 0. The zero-order valence-electron chi connectivity index (χ0n) is 24.3. The van der Waals surface area contributed by atoms with E-state index >= 15 is 0 Å². The van der Waals surface area contributed by atoms with Gasteiger partial charge in [-0.2, -0.15) is 0 Å². The molecule has 2 aromatic heterocycles. The summed E-state index contributed by atoms with van der Waals surface area (Å²) in [5.74, 6) is -3.65. The van der Waals surface area contributed by atoms with Gasteiger partial charge in [0.25, 0.3) is 0 Å². The van der Waals surface area contributed by atoms with E-state index in [2.05, 4.69) is 36.2 Å². The van der Waals surface area contributed by atoms with Gasteiger partial charge < -0.3 is 36.3 Å². The van der Waals surface area contributed by atoms with Gasteiger partial charge in [-0.05, 0) is 24.1 Å². The van der Waals surface area contributed by atoms with Crippen LogP contribution in [0.5, 0.6) is 0 Å². The van der Waals surface area contributed by atoms with Crippen LogP contribution in [0.25, 0.3) is 10.9 Å². The number of aromatic amines is 2. The standard InChI is InChI=1S/C31H35N7O6/c1-18(31(43)44)35-28(40)27(14-22-16-32-17-34-22)38-30(42)26(13-21-15-33-24-11-7-6-10-23(21)24)37-29(41)25(36-19(2)39)12-20-8-4-3-5-9-20/h3-11,15-18,25-27,33H,12-14H2,1-2H3,(H,32,34)(H,35,40)(H,36,39)(H,37,41)(H,38,42)(H,43,44)/t18-,25-,26-,27-/m0/s1. The van der Waals surface area contributed by atoms with Crippen LogP contribution >= 0.6 is 0 Å². The lowest BCUT2D eigenvalue weighted by molar-refractivity contribution is -0.141. The average Bonchev–Trinajstić information content (AvgIpc) is 3.66. The van der Waals surface area contributed by atoms with Gasteiger partial charge in [-0.25, -0.2) is 4.98 Å². The van der Waals surface area contributed by atoms with Gasteiger partial charge >= 0.3 is 5.97 Å². The number of carbonyl (C=O) groups excluding carboxylic acids is 4. The second-order valence-corrected chi connectivity index (χ2v) is 10.5. The van der Waals surface area contributed by atoms with Crippen LogP contribution in [0.3, 0.4) is 0 Å². The summed E-state index contributed by atoms with van der Waals surface area (Å²) in [4.78, 5) is 74.0. The van der Waals surface area contributed by atoms with Crippen LogP contribution in [-0.2, 0) is 43.2 Å². The Hall–Kier alpha value is -5.46. The number of para-hydroxylation sites is 1. The number of rotatable bonds is 14. The molecule has 2 aromatic carbocycles. The summed E-state index contributed by atoms with van der Waals surface area (Å²) in [7, 11) is 0. The van der Waals surface area contributed by atoms with Crippen molar-refractivity contribution in [1.82, 2.24) is 36.2 Å². The van der Waals surface area contributed by atoms with E-state index in [9.17, 15) is 29.1 Å². The first-order valence-corrected chi connectivity index (χ1v) is 14.1. The van der Waals surface area contributed by atoms with Crippen molar-refractivity contribution >= 4 is 40.5 Å². The van der Waals surface area contributed by atoms with Crippen molar-refractivity contribution in [2.75, 3.05) is 0 Å². The molecule has 0 radical (unpaired) electrons. The number of nitrogens with one attached hydrogen (secondary N) is 6. The number of amides is 4. The van der Waals surface area contributed by atoms with Crippen molar-refractivity contribution in [3.63, 3.8) is 0 Å². The molecule has 13 nitrogen and oxygen atoms in total. The predicted molar refractivity (Wildman–Crippen MR) is 161 cm³/mol. The van der Waals surface area contributed by atoms with E-state index in [0.717, 1.165) is 22.0 Å². The first kappa shape index (κ1) is 31.5. The highest BCUT2D eigenvalue weighted by Gasteiger charge is 2.31. The number of hydrogen-bond acceptors (Lipinski definition) is 6. The number of hydrogen-bond donors (Lipinski definition) is 7. The number of carboxylic acid groups (broad SMARTS) is 1. The number of benzene rings is 2. The molecule has 13 heteroatoms. The minimum absolute atomic E-state index is 0.0380. The average molecular weight is 602 g/mol. The van der Waals surface area contributed by atoms with Crippen LogP contribution in [-0.4, -0.2) is 73.8 Å². The van der Waals surface area contributed by atoms with Crippen LogP contribution in [0.2, 0.25) is 0 Å². The van der Waals surface area contributed by atoms with E-state index in [0.29, 0.717) is 5.69 Å². The van der Waals surface area contributed by atoms with E-state index in [1.165, 1.54) is 20.2 Å². The highest BCUT2D eigenvalue weighted by Crippen LogP contribution is 2.19. The van der Waals surface area contributed by atoms with Crippen LogP contribution in [0.15, 0.2) is 73.3 Å². The van der Waals surface area contributed by atoms with Gasteiger partial charge in [-0.1, -0.05) is 48.5 Å². The minimum Gasteiger partial charge on any atom is -0.480 e. The number of carbonyl (C=O) groups is 5. The summed E-state index contributed by atoms with van der Waals surface area (Å²) in [6.45, 7) is 2.61. The minimum atomic E-state index is -1.24. The Morgan fingerprint density at radius 1 is 0.773 bits per heavy atom. The monoisotopic (exact) mass is 601 g/mol. The molecule has 4 atom stereocenters. The molecular formula is C31H35N7O6. The Morgan fingerprint density at radius 2 is 1.39 bits per heavy atom. The van der Waals surface area contributed by atoms with Gasteiger partial charge in [0.1, 0.15) is 24.2 Å². The molecule has 4 amide bonds. The van der Waals surface area contributed by atoms with Gasteiger partial charge in [0.15, 0.2) is 0 Å². The number of fused-ring (bicyclic) bond motifs is 1. The van der Waals surface area contributed by atoms with E-state index < -0.39 is 53.8 Å². The number of carboxylic acids is 1. The maximum absolute atomic E-state index is 13.9. The van der Waals surface area contributed by atoms with E-state index in [1.54, 1.807) is 12.4 Å². The van der Waals surface area contributed by atoms with Crippen LogP contribution in [0.1, 0.15) is 30.7 Å². The molecule has 0 bridgehead atoms. The Kier molecular flexibility index (Phi) is 10.5. The summed E-state index contributed by atoms with van der Waals surface area (Å²) in [5.41, 5.74) is 2.85. The van der Waals surface area contributed by atoms with Gasteiger partial charge in [0.2, 0.25) is 23.6 Å². The normalized spacial score (nSPS) is 13.7. The number of imidazole rings is 1. The topological polar surface area (TPSA) is 198 Å². The molecule has 0 saturated carbocycles. The first-order valence-electron chi connectivity index (χ1n) is 14.1. The van der Waals surface area contributed by atoms with E-state index in [-0.39, 0.29) is 19.3 Å². The lowest BCUT2D eigenvalue weighted by Crippen LogP contribution is -2.58. The smallest absolute Gasteiger partial charge is 0.325 e. The Bertz CT molecular complexity index is 1600. The first-order chi connectivity index (χ1) is 21.1. The molecule has 4 aromatic rings. The fourth-order valence-electron chi connectivity index (χ4n) is 4.78. The summed E-state index contributed by atoms with van der Waals surface area (Å²) in [5, 5.41) is 20.6. The second-order valence-electron chi connectivity index (χ2n) is 10.5. The lowest BCUT2D eigenvalue weighted by atomic mass is 10.0. The summed E-state index contributed by atoms with van der Waals surface area (Å²) in [6, 6.07) is 12.1. The third-order valence-corrected chi connectivity index (χ3v) is 7.04. The molecular weight excluding hydrogens is 566 g/mol. The van der Waals surface area contributed by atoms with Gasteiger partial charge in [0.05, 0.1) is 12.0 Å². The molecule has 230 valence electrons. The number of aliphatic carboxylic acids is 1.